The molecule has 3 aliphatic rings. The fraction of sp³-hybridized carbons (Fsp3) is 0.818. The van der Waals surface area contributed by atoms with E-state index in [4.69, 9.17) is 9.47 Å². The minimum absolute atomic E-state index is 0.0231. The first-order valence-electron chi connectivity index (χ1n) is 5.89. The molecule has 0 spiro atoms. The standard InChI is InChI=1S/C11H16N2O3/c14-11(16-9-6-15-7-9)13-3-1-2-8(5-13)10-4-12-10/h4,8-10H,1-3,5-7H2/t8-,10?/m0/s1. The molecule has 3 aliphatic heterocycles. The number of nitrogens with zero attached hydrogens (tertiary/aromatic N) is 2. The molecule has 0 radical (unpaired) electrons. The number of amides is 1. The topological polar surface area (TPSA) is 51.1 Å². The number of piperidine rings is 1. The number of carbonyl (C=O) groups is 1. The maximum Gasteiger partial charge on any atom is 0.410 e. The maximum absolute atomic E-state index is 11.8. The van der Waals surface area contributed by atoms with Crippen LogP contribution in [0, 0.1) is 5.92 Å². The zero-order valence-electron chi connectivity index (χ0n) is 9.17. The average molecular weight is 224 g/mol. The van der Waals surface area contributed by atoms with Crippen LogP contribution in [0.15, 0.2) is 4.99 Å². The number of likely N-dealkylation sites (tertiary alicyclic amines) is 1. The van der Waals surface area contributed by atoms with Gasteiger partial charge in [-0.15, -0.1) is 0 Å². The van der Waals surface area contributed by atoms with Crippen molar-refractivity contribution in [3.8, 4) is 0 Å². The van der Waals surface area contributed by atoms with Gasteiger partial charge in [-0.05, 0) is 12.8 Å². The van der Waals surface area contributed by atoms with Crippen LogP contribution in [-0.4, -0.2) is 55.7 Å². The van der Waals surface area contributed by atoms with E-state index < -0.39 is 0 Å². The molecule has 2 fully saturated rings. The first-order chi connectivity index (χ1) is 7.83. The molecule has 0 aromatic carbocycles. The van der Waals surface area contributed by atoms with Crippen LogP contribution in [0.3, 0.4) is 0 Å². The highest BCUT2D eigenvalue weighted by molar-refractivity contribution is 5.78. The van der Waals surface area contributed by atoms with Crippen molar-refractivity contribution in [3.63, 3.8) is 0 Å². The largest absolute Gasteiger partial charge is 0.441 e. The van der Waals surface area contributed by atoms with E-state index in [0.29, 0.717) is 25.2 Å². The lowest BCUT2D eigenvalue weighted by Gasteiger charge is -2.34. The smallest absolute Gasteiger partial charge is 0.410 e. The molecule has 0 saturated carbocycles. The minimum Gasteiger partial charge on any atom is -0.441 e. The van der Waals surface area contributed by atoms with Crippen LogP contribution in [0.1, 0.15) is 12.8 Å². The summed E-state index contributed by atoms with van der Waals surface area (Å²) in [6.07, 6.45) is 3.99. The van der Waals surface area contributed by atoms with Crippen molar-refractivity contribution in [2.24, 2.45) is 10.9 Å². The van der Waals surface area contributed by atoms with E-state index in [1.54, 1.807) is 0 Å². The quantitative estimate of drug-likeness (QED) is 0.693. The second kappa shape index (κ2) is 4.05. The van der Waals surface area contributed by atoms with E-state index in [9.17, 15) is 4.79 Å². The van der Waals surface area contributed by atoms with Gasteiger partial charge >= 0.3 is 6.09 Å². The van der Waals surface area contributed by atoms with Gasteiger partial charge in [0, 0.05) is 25.2 Å². The molecule has 16 heavy (non-hydrogen) atoms. The summed E-state index contributed by atoms with van der Waals surface area (Å²) in [6.45, 7) is 2.70. The zero-order valence-corrected chi connectivity index (χ0v) is 9.17. The number of ether oxygens (including phenoxy) is 2. The highest BCUT2D eigenvalue weighted by Gasteiger charge is 2.34. The predicted molar refractivity (Wildman–Crippen MR) is 57.7 cm³/mol. The van der Waals surface area contributed by atoms with E-state index in [1.165, 1.54) is 6.42 Å². The number of hydrogen-bond acceptors (Lipinski definition) is 4. The summed E-state index contributed by atoms with van der Waals surface area (Å²) in [5, 5.41) is 0. The lowest BCUT2D eigenvalue weighted by atomic mass is 9.94. The molecule has 3 rings (SSSR count). The summed E-state index contributed by atoms with van der Waals surface area (Å²) in [5.74, 6) is 0.513. The van der Waals surface area contributed by atoms with Crippen LogP contribution < -0.4 is 0 Å². The molecular formula is C11H16N2O3. The van der Waals surface area contributed by atoms with Crippen LogP contribution in [0.2, 0.25) is 0 Å². The maximum atomic E-state index is 11.8. The van der Waals surface area contributed by atoms with Gasteiger partial charge < -0.3 is 14.4 Å². The van der Waals surface area contributed by atoms with Gasteiger partial charge in [0.15, 0.2) is 6.10 Å². The molecule has 0 aliphatic carbocycles. The second-order valence-electron chi connectivity index (χ2n) is 4.68. The van der Waals surface area contributed by atoms with Crippen molar-refractivity contribution < 1.29 is 14.3 Å². The summed E-state index contributed by atoms with van der Waals surface area (Å²) in [6, 6.07) is 0.391. The Balaban J connectivity index is 1.50. The lowest BCUT2D eigenvalue weighted by molar-refractivity contribution is -0.106. The van der Waals surface area contributed by atoms with Crippen molar-refractivity contribution >= 4 is 12.3 Å². The predicted octanol–water partition coefficient (Wildman–Crippen LogP) is 0.687. The molecule has 0 aromatic rings. The number of hydrogen-bond donors (Lipinski definition) is 0. The molecule has 0 bridgehead atoms. The van der Waals surface area contributed by atoms with E-state index in [0.717, 1.165) is 19.5 Å². The molecule has 1 amide bonds. The first-order valence-corrected chi connectivity index (χ1v) is 5.89. The molecule has 5 nitrogen and oxygen atoms in total. The van der Waals surface area contributed by atoms with Crippen molar-refractivity contribution in [1.82, 2.24) is 4.90 Å². The molecule has 2 atom stereocenters. The van der Waals surface area contributed by atoms with Gasteiger partial charge in [0.1, 0.15) is 0 Å². The van der Waals surface area contributed by atoms with Gasteiger partial charge in [0.25, 0.3) is 0 Å². The highest BCUT2D eigenvalue weighted by Crippen LogP contribution is 2.26. The SMILES string of the molecule is O=C(OC1COC1)N1CCC[C@H](C2C=N2)C1. The summed E-state index contributed by atoms with van der Waals surface area (Å²) in [4.78, 5) is 17.8. The van der Waals surface area contributed by atoms with Crippen LogP contribution in [0.4, 0.5) is 4.79 Å². The van der Waals surface area contributed by atoms with Crippen LogP contribution in [0.25, 0.3) is 0 Å². The Hall–Kier alpha value is -1.10. The van der Waals surface area contributed by atoms with Gasteiger partial charge in [-0.25, -0.2) is 4.79 Å². The molecular weight excluding hydrogens is 208 g/mol. The van der Waals surface area contributed by atoms with E-state index in [2.05, 4.69) is 4.99 Å². The molecule has 0 N–H and O–H groups in total. The van der Waals surface area contributed by atoms with Gasteiger partial charge in [0.2, 0.25) is 0 Å². The third kappa shape index (κ3) is 2.04. The van der Waals surface area contributed by atoms with Gasteiger partial charge in [-0.2, -0.15) is 0 Å². The van der Waals surface area contributed by atoms with Gasteiger partial charge in [-0.3, -0.25) is 4.99 Å². The first kappa shape index (κ1) is 10.1. The molecule has 88 valence electrons. The summed E-state index contributed by atoms with van der Waals surface area (Å²) < 4.78 is 10.3. The highest BCUT2D eigenvalue weighted by atomic mass is 16.6. The average Bonchev–Trinajstić information content (AvgIpc) is 3.07. The Morgan fingerprint density at radius 1 is 1.50 bits per heavy atom. The van der Waals surface area contributed by atoms with E-state index >= 15 is 0 Å². The Bertz CT molecular complexity index is 308. The van der Waals surface area contributed by atoms with Crippen LogP contribution >= 0.6 is 0 Å². The molecule has 3 heterocycles. The Morgan fingerprint density at radius 2 is 2.31 bits per heavy atom. The van der Waals surface area contributed by atoms with Crippen LogP contribution in [-0.2, 0) is 9.47 Å². The van der Waals surface area contributed by atoms with Crippen molar-refractivity contribution in [3.05, 3.63) is 0 Å². The number of aliphatic imine (C=N–C) groups is 1. The Labute approximate surface area is 94.4 Å². The minimum atomic E-state index is -0.182. The summed E-state index contributed by atoms with van der Waals surface area (Å²) in [5.41, 5.74) is 0. The molecule has 0 aromatic heterocycles. The van der Waals surface area contributed by atoms with Gasteiger partial charge in [-0.1, -0.05) is 0 Å². The fourth-order valence-corrected chi connectivity index (χ4v) is 2.25. The molecule has 5 heteroatoms. The van der Waals surface area contributed by atoms with Crippen molar-refractivity contribution in [1.29, 1.82) is 0 Å². The van der Waals surface area contributed by atoms with Crippen molar-refractivity contribution in [2.75, 3.05) is 26.3 Å². The van der Waals surface area contributed by atoms with Crippen LogP contribution in [0.5, 0.6) is 0 Å². The Morgan fingerprint density at radius 3 is 2.94 bits per heavy atom. The summed E-state index contributed by atoms with van der Waals surface area (Å²) >= 11 is 0. The molecule has 2 saturated heterocycles. The number of rotatable bonds is 2. The third-order valence-corrected chi connectivity index (χ3v) is 3.40. The normalized spacial score (nSPS) is 33.4. The monoisotopic (exact) mass is 224 g/mol. The second-order valence-corrected chi connectivity index (χ2v) is 4.68. The molecule has 1 unspecified atom stereocenters. The Kier molecular flexibility index (Phi) is 2.55. The zero-order chi connectivity index (χ0) is 11.0. The van der Waals surface area contributed by atoms with Crippen molar-refractivity contribution in [2.45, 2.75) is 25.0 Å². The number of carbonyl (C=O) groups excluding carboxylic acids is 1. The van der Waals surface area contributed by atoms with E-state index in [-0.39, 0.29) is 12.2 Å². The van der Waals surface area contributed by atoms with E-state index in [1.807, 2.05) is 11.1 Å². The third-order valence-electron chi connectivity index (χ3n) is 3.40. The fourth-order valence-electron chi connectivity index (χ4n) is 2.25. The van der Waals surface area contributed by atoms with Gasteiger partial charge in [0.05, 0.1) is 19.3 Å². The summed E-state index contributed by atoms with van der Waals surface area (Å²) in [7, 11) is 0. The lowest BCUT2D eigenvalue weighted by Crippen LogP contribution is -2.46.